The quantitative estimate of drug-likeness (QED) is 0.595. The van der Waals surface area contributed by atoms with Gasteiger partial charge in [-0.3, -0.25) is 0 Å². The summed E-state index contributed by atoms with van der Waals surface area (Å²) in [5.74, 6) is 4.15. The fraction of sp³-hybridized carbons (Fsp3) is 0.923. The highest BCUT2D eigenvalue weighted by atomic mass is 16.3. The number of aliphatic hydroxyl groups is 2. The predicted octanol–water partition coefficient (Wildman–Crippen LogP) is 5.83. The number of fused-ring (bicyclic) bond motifs is 5. The Morgan fingerprint density at radius 2 is 1.68 bits per heavy atom. The molecule has 0 spiro atoms. The molecular weight excluding hydrogens is 344 g/mol. The minimum atomic E-state index is -0.170. The average molecular weight is 389 g/mol. The lowest BCUT2D eigenvalue weighted by Crippen LogP contribution is -2.62. The molecule has 0 saturated heterocycles. The molecule has 0 heterocycles. The lowest BCUT2D eigenvalue weighted by Gasteiger charge is -2.64. The summed E-state index contributed by atoms with van der Waals surface area (Å²) in [5, 5.41) is 22.1. The third-order valence-electron chi connectivity index (χ3n) is 10.7. The van der Waals surface area contributed by atoms with Gasteiger partial charge in [0.15, 0.2) is 0 Å². The molecule has 160 valence electrons. The van der Waals surface area contributed by atoms with Crippen molar-refractivity contribution in [3.05, 3.63) is 12.7 Å². The summed E-state index contributed by atoms with van der Waals surface area (Å²) >= 11 is 0. The Kier molecular flexibility index (Phi) is 5.54. The summed E-state index contributed by atoms with van der Waals surface area (Å²) in [5.41, 5.74) is 0.705. The molecule has 2 unspecified atom stereocenters. The molecule has 0 aromatic carbocycles. The number of allylic oxidation sites excluding steroid dienone is 1. The zero-order valence-electron chi connectivity index (χ0n) is 18.7. The molecular formula is C26H44O2. The Balaban J connectivity index is 1.67. The molecule has 2 N–H and O–H groups in total. The Hall–Kier alpha value is -0.340. The van der Waals surface area contributed by atoms with Crippen molar-refractivity contribution < 1.29 is 10.2 Å². The van der Waals surface area contributed by atoms with Gasteiger partial charge in [-0.2, -0.15) is 0 Å². The summed E-state index contributed by atoms with van der Waals surface area (Å²) in [7, 11) is 0. The molecule has 28 heavy (non-hydrogen) atoms. The van der Waals surface area contributed by atoms with Gasteiger partial charge >= 0.3 is 0 Å². The second-order valence-electron chi connectivity index (χ2n) is 11.6. The molecule has 0 aromatic rings. The highest BCUT2D eigenvalue weighted by Gasteiger charge is 2.64. The minimum absolute atomic E-state index is 0.152. The van der Waals surface area contributed by atoms with Gasteiger partial charge in [0.05, 0.1) is 12.2 Å². The zero-order valence-corrected chi connectivity index (χ0v) is 18.7. The molecule has 4 fully saturated rings. The molecule has 4 aliphatic rings. The molecule has 2 heteroatoms. The van der Waals surface area contributed by atoms with Crippen LogP contribution in [0.1, 0.15) is 85.5 Å². The summed E-state index contributed by atoms with van der Waals surface area (Å²) in [4.78, 5) is 0. The lowest BCUT2D eigenvalue weighted by molar-refractivity contribution is -0.203. The van der Waals surface area contributed by atoms with Crippen molar-refractivity contribution in [3.8, 4) is 0 Å². The summed E-state index contributed by atoms with van der Waals surface area (Å²) in [6, 6.07) is 0. The van der Waals surface area contributed by atoms with E-state index in [9.17, 15) is 10.2 Å². The van der Waals surface area contributed by atoms with Crippen LogP contribution in [0.25, 0.3) is 0 Å². The first-order valence-corrected chi connectivity index (χ1v) is 12.2. The Morgan fingerprint density at radius 1 is 1.00 bits per heavy atom. The highest BCUT2D eigenvalue weighted by molar-refractivity contribution is 5.13. The molecule has 0 aromatic heterocycles. The molecule has 4 aliphatic carbocycles. The van der Waals surface area contributed by atoms with Crippen LogP contribution in [0.2, 0.25) is 0 Å². The van der Waals surface area contributed by atoms with Crippen LogP contribution in [0, 0.1) is 52.3 Å². The number of rotatable bonds is 4. The number of aliphatic hydroxyl groups excluding tert-OH is 2. The van der Waals surface area contributed by atoms with Gasteiger partial charge in [0, 0.05) is 0 Å². The zero-order chi connectivity index (χ0) is 20.3. The minimum Gasteiger partial charge on any atom is -0.393 e. The van der Waals surface area contributed by atoms with E-state index in [1.807, 2.05) is 0 Å². The van der Waals surface area contributed by atoms with Gasteiger partial charge in [0.1, 0.15) is 0 Å². The molecule has 4 saturated carbocycles. The van der Waals surface area contributed by atoms with E-state index in [4.69, 9.17) is 0 Å². The van der Waals surface area contributed by atoms with Crippen molar-refractivity contribution in [2.45, 2.75) is 97.7 Å². The van der Waals surface area contributed by atoms with Crippen molar-refractivity contribution in [2.75, 3.05) is 0 Å². The van der Waals surface area contributed by atoms with Crippen LogP contribution in [0.4, 0.5) is 0 Å². The van der Waals surface area contributed by atoms with Crippen LogP contribution in [0.5, 0.6) is 0 Å². The van der Waals surface area contributed by atoms with Crippen molar-refractivity contribution >= 4 is 0 Å². The van der Waals surface area contributed by atoms with Gasteiger partial charge in [-0.05, 0) is 104 Å². The van der Waals surface area contributed by atoms with Gasteiger partial charge in [0.2, 0.25) is 0 Å². The maximum atomic E-state index is 11.7. The lowest BCUT2D eigenvalue weighted by atomic mass is 9.41. The largest absolute Gasteiger partial charge is 0.393 e. The first-order valence-electron chi connectivity index (χ1n) is 12.2. The smallest absolute Gasteiger partial charge is 0.0605 e. The molecule has 0 amide bonds. The number of hydrogen-bond donors (Lipinski definition) is 2. The first kappa shape index (κ1) is 20.9. The van der Waals surface area contributed by atoms with Crippen LogP contribution < -0.4 is 0 Å². The summed E-state index contributed by atoms with van der Waals surface area (Å²) in [6.45, 7) is 13.8. The SMILES string of the molecule is C=CC[C@@H](C)[C@H]1CC[C@H]2[C@@H]3[C@H](O)[C@H](CC)C4C[C@H](O)CC[C@]4(C)[C@H]3CCC12C. The van der Waals surface area contributed by atoms with Crippen LogP contribution in [-0.2, 0) is 0 Å². The predicted molar refractivity (Wildman–Crippen MR) is 116 cm³/mol. The van der Waals surface area contributed by atoms with E-state index in [0.717, 1.165) is 38.0 Å². The standard InChI is InChI=1S/C26H44O2/c1-6-8-16(3)19-9-10-20-23-21(12-14-25(19,20)4)26(5)13-11-17(27)15-22(26)18(7-2)24(23)28/h6,16-24,27-28H,1,7-15H2,2-5H3/t16-,17-,18-,19-,20+,21+,22?,23+,24-,25?,26-/m1/s1. The first-order chi connectivity index (χ1) is 13.3. The van der Waals surface area contributed by atoms with E-state index in [0.29, 0.717) is 46.3 Å². The van der Waals surface area contributed by atoms with Crippen molar-refractivity contribution in [3.63, 3.8) is 0 Å². The van der Waals surface area contributed by atoms with E-state index in [2.05, 4.69) is 40.3 Å². The van der Waals surface area contributed by atoms with Gasteiger partial charge in [0.25, 0.3) is 0 Å². The average Bonchev–Trinajstić information content (AvgIpc) is 3.01. The fourth-order valence-corrected chi connectivity index (χ4v) is 9.36. The maximum Gasteiger partial charge on any atom is 0.0605 e. The normalized spacial score (nSPS) is 54.4. The van der Waals surface area contributed by atoms with E-state index in [1.54, 1.807) is 0 Å². The van der Waals surface area contributed by atoms with Crippen LogP contribution in [0.3, 0.4) is 0 Å². The molecule has 11 atom stereocenters. The summed E-state index contributed by atoms with van der Waals surface area (Å²) in [6.07, 6.45) is 12.2. The molecule has 0 radical (unpaired) electrons. The van der Waals surface area contributed by atoms with Gasteiger partial charge in [-0.1, -0.05) is 40.2 Å². The van der Waals surface area contributed by atoms with Crippen LogP contribution >= 0.6 is 0 Å². The van der Waals surface area contributed by atoms with Gasteiger partial charge in [-0.25, -0.2) is 0 Å². The van der Waals surface area contributed by atoms with Gasteiger partial charge < -0.3 is 10.2 Å². The highest BCUT2D eigenvalue weighted by Crippen LogP contribution is 2.69. The third kappa shape index (κ3) is 2.88. The van der Waals surface area contributed by atoms with Crippen molar-refractivity contribution in [1.82, 2.24) is 0 Å². The van der Waals surface area contributed by atoms with E-state index in [-0.39, 0.29) is 12.2 Å². The molecule has 0 bridgehead atoms. The Bertz CT molecular complexity index is 587. The second kappa shape index (κ2) is 7.41. The van der Waals surface area contributed by atoms with E-state index in [1.165, 1.54) is 25.7 Å². The van der Waals surface area contributed by atoms with Crippen LogP contribution in [0.15, 0.2) is 12.7 Å². The van der Waals surface area contributed by atoms with Gasteiger partial charge in [-0.15, -0.1) is 6.58 Å². The topological polar surface area (TPSA) is 40.5 Å². The fourth-order valence-electron chi connectivity index (χ4n) is 9.36. The number of hydrogen-bond acceptors (Lipinski definition) is 2. The van der Waals surface area contributed by atoms with E-state index >= 15 is 0 Å². The van der Waals surface area contributed by atoms with Crippen LogP contribution in [-0.4, -0.2) is 22.4 Å². The molecule has 0 aliphatic heterocycles. The second-order valence-corrected chi connectivity index (χ2v) is 11.6. The van der Waals surface area contributed by atoms with E-state index < -0.39 is 0 Å². The molecule has 2 nitrogen and oxygen atoms in total. The van der Waals surface area contributed by atoms with Crippen molar-refractivity contribution in [2.24, 2.45) is 52.3 Å². The monoisotopic (exact) mass is 388 g/mol. The maximum absolute atomic E-state index is 11.7. The summed E-state index contributed by atoms with van der Waals surface area (Å²) < 4.78 is 0. The third-order valence-corrected chi connectivity index (χ3v) is 10.7. The van der Waals surface area contributed by atoms with Crippen molar-refractivity contribution in [1.29, 1.82) is 0 Å². The molecule has 4 rings (SSSR count). The Labute approximate surface area is 173 Å². The Morgan fingerprint density at radius 3 is 2.36 bits per heavy atom.